The lowest BCUT2D eigenvalue weighted by Crippen LogP contribution is -2.56. The maximum absolute atomic E-state index is 13.1. The second kappa shape index (κ2) is 8.45. The van der Waals surface area contributed by atoms with Gasteiger partial charge in [0, 0.05) is 19.6 Å². The Morgan fingerprint density at radius 1 is 1.31 bits per heavy atom. The average molecular weight is 386 g/mol. The van der Waals surface area contributed by atoms with E-state index in [1.807, 2.05) is 13.8 Å². The van der Waals surface area contributed by atoms with Crippen LogP contribution in [0.1, 0.15) is 39.5 Å². The van der Waals surface area contributed by atoms with Crippen molar-refractivity contribution >= 4 is 15.9 Å². The van der Waals surface area contributed by atoms with Gasteiger partial charge in [-0.05, 0) is 49.9 Å². The molecule has 1 fully saturated rings. The van der Waals surface area contributed by atoms with Crippen LogP contribution in [0, 0.1) is 11.7 Å². The van der Waals surface area contributed by atoms with Crippen molar-refractivity contribution in [3.63, 3.8) is 0 Å². The van der Waals surface area contributed by atoms with Gasteiger partial charge < -0.3 is 11.1 Å². The van der Waals surface area contributed by atoms with Crippen LogP contribution in [-0.4, -0.2) is 43.8 Å². The highest BCUT2D eigenvalue weighted by Gasteiger charge is 2.36. The summed E-state index contributed by atoms with van der Waals surface area (Å²) in [6.07, 6.45) is 2.67. The van der Waals surface area contributed by atoms with Gasteiger partial charge in [0.15, 0.2) is 0 Å². The zero-order valence-corrected chi connectivity index (χ0v) is 16.2. The number of nitrogens with two attached hydrogens (primary N) is 1. The van der Waals surface area contributed by atoms with Gasteiger partial charge in [0.2, 0.25) is 15.9 Å². The monoisotopic (exact) mass is 385 g/mol. The van der Waals surface area contributed by atoms with E-state index < -0.39 is 27.3 Å². The third kappa shape index (κ3) is 4.42. The van der Waals surface area contributed by atoms with Crippen LogP contribution in [0.2, 0.25) is 0 Å². The van der Waals surface area contributed by atoms with Crippen LogP contribution in [0.5, 0.6) is 0 Å². The number of hydrogen-bond acceptors (Lipinski definition) is 4. The predicted octanol–water partition coefficient (Wildman–Crippen LogP) is 1.86. The van der Waals surface area contributed by atoms with Crippen molar-refractivity contribution in [2.24, 2.45) is 11.7 Å². The van der Waals surface area contributed by atoms with Gasteiger partial charge in [0.1, 0.15) is 5.82 Å². The molecule has 26 heavy (non-hydrogen) atoms. The van der Waals surface area contributed by atoms with E-state index in [2.05, 4.69) is 5.32 Å². The Morgan fingerprint density at radius 2 is 1.92 bits per heavy atom. The number of carbonyl (C=O) groups is 1. The highest BCUT2D eigenvalue weighted by Crippen LogP contribution is 2.25. The summed E-state index contributed by atoms with van der Waals surface area (Å²) in [4.78, 5) is 12.7. The summed E-state index contributed by atoms with van der Waals surface area (Å²) in [6, 6.07) is 4.75. The SMILES string of the molecule is CCC(CC)(CN)NC(=O)C1CCCN(S(=O)(=O)c2ccc(F)cc2)C1. The summed E-state index contributed by atoms with van der Waals surface area (Å²) in [5.41, 5.74) is 5.39. The molecule has 1 amide bonds. The normalized spacial score (nSPS) is 19.3. The van der Waals surface area contributed by atoms with Gasteiger partial charge >= 0.3 is 0 Å². The molecule has 146 valence electrons. The average Bonchev–Trinajstić information content (AvgIpc) is 2.66. The zero-order chi connectivity index (χ0) is 19.4. The van der Waals surface area contributed by atoms with Crippen LogP contribution in [0.15, 0.2) is 29.2 Å². The molecular formula is C18H28FN3O3S. The Morgan fingerprint density at radius 3 is 2.46 bits per heavy atom. The fourth-order valence-electron chi connectivity index (χ4n) is 3.26. The Labute approximate surface area is 155 Å². The molecule has 1 aromatic rings. The van der Waals surface area contributed by atoms with Gasteiger partial charge in [-0.1, -0.05) is 13.8 Å². The summed E-state index contributed by atoms with van der Waals surface area (Å²) >= 11 is 0. The van der Waals surface area contributed by atoms with E-state index in [9.17, 15) is 17.6 Å². The molecule has 0 spiro atoms. The first kappa shape index (κ1) is 20.8. The number of rotatable bonds is 7. The zero-order valence-electron chi connectivity index (χ0n) is 15.4. The maximum Gasteiger partial charge on any atom is 0.243 e. The molecule has 0 aliphatic carbocycles. The molecule has 1 heterocycles. The number of benzene rings is 1. The van der Waals surface area contributed by atoms with Crippen LogP contribution in [0.4, 0.5) is 4.39 Å². The molecule has 6 nitrogen and oxygen atoms in total. The number of carbonyl (C=O) groups excluding carboxylic acids is 1. The molecular weight excluding hydrogens is 357 g/mol. The highest BCUT2D eigenvalue weighted by atomic mass is 32.2. The fraction of sp³-hybridized carbons (Fsp3) is 0.611. The largest absolute Gasteiger partial charge is 0.349 e. The van der Waals surface area contributed by atoms with Crippen LogP contribution < -0.4 is 11.1 Å². The van der Waals surface area contributed by atoms with Crippen molar-refractivity contribution in [1.29, 1.82) is 0 Å². The molecule has 2 rings (SSSR count). The van der Waals surface area contributed by atoms with E-state index in [1.165, 1.54) is 16.4 Å². The van der Waals surface area contributed by atoms with Crippen molar-refractivity contribution in [3.8, 4) is 0 Å². The Kier molecular flexibility index (Phi) is 6.76. The van der Waals surface area contributed by atoms with Gasteiger partial charge in [-0.3, -0.25) is 4.79 Å². The molecule has 0 bridgehead atoms. The van der Waals surface area contributed by atoms with E-state index in [1.54, 1.807) is 0 Å². The van der Waals surface area contributed by atoms with Gasteiger partial charge in [0.05, 0.1) is 16.4 Å². The molecule has 0 aromatic heterocycles. The lowest BCUT2D eigenvalue weighted by molar-refractivity contribution is -0.128. The van der Waals surface area contributed by atoms with Gasteiger partial charge in [-0.2, -0.15) is 4.31 Å². The number of amides is 1. The second-order valence-electron chi connectivity index (χ2n) is 6.84. The van der Waals surface area contributed by atoms with Crippen molar-refractivity contribution in [1.82, 2.24) is 9.62 Å². The van der Waals surface area contributed by atoms with Gasteiger partial charge in [0.25, 0.3) is 0 Å². The summed E-state index contributed by atoms with van der Waals surface area (Å²) in [5, 5.41) is 3.03. The molecule has 1 atom stereocenters. The van der Waals surface area contributed by atoms with Crippen molar-refractivity contribution in [2.45, 2.75) is 50.0 Å². The molecule has 1 unspecified atom stereocenters. The maximum atomic E-state index is 13.1. The third-order valence-electron chi connectivity index (χ3n) is 5.34. The van der Waals surface area contributed by atoms with Gasteiger partial charge in [-0.15, -0.1) is 0 Å². The summed E-state index contributed by atoms with van der Waals surface area (Å²) in [6.45, 7) is 4.77. The first-order chi connectivity index (χ1) is 12.3. The fourth-order valence-corrected chi connectivity index (χ4v) is 4.78. The van der Waals surface area contributed by atoms with Crippen LogP contribution in [0.25, 0.3) is 0 Å². The Balaban J connectivity index is 2.13. The number of halogens is 1. The molecule has 0 saturated carbocycles. The summed E-state index contributed by atoms with van der Waals surface area (Å²) < 4.78 is 39.9. The second-order valence-corrected chi connectivity index (χ2v) is 8.77. The molecule has 1 saturated heterocycles. The van der Waals surface area contributed by atoms with E-state index in [0.717, 1.165) is 25.0 Å². The van der Waals surface area contributed by atoms with E-state index in [0.29, 0.717) is 25.9 Å². The number of nitrogens with zero attached hydrogens (tertiary/aromatic N) is 1. The van der Waals surface area contributed by atoms with Crippen molar-refractivity contribution < 1.29 is 17.6 Å². The van der Waals surface area contributed by atoms with Gasteiger partial charge in [-0.25, -0.2) is 12.8 Å². The molecule has 0 radical (unpaired) electrons. The van der Waals surface area contributed by atoms with Crippen LogP contribution >= 0.6 is 0 Å². The first-order valence-electron chi connectivity index (χ1n) is 9.06. The molecule has 1 aliphatic rings. The minimum Gasteiger partial charge on any atom is -0.349 e. The predicted molar refractivity (Wildman–Crippen MR) is 98.4 cm³/mol. The lowest BCUT2D eigenvalue weighted by Gasteiger charge is -2.36. The third-order valence-corrected chi connectivity index (χ3v) is 7.22. The van der Waals surface area contributed by atoms with Crippen molar-refractivity contribution in [2.75, 3.05) is 19.6 Å². The van der Waals surface area contributed by atoms with E-state index >= 15 is 0 Å². The van der Waals surface area contributed by atoms with E-state index in [-0.39, 0.29) is 17.3 Å². The minimum absolute atomic E-state index is 0.0402. The molecule has 8 heteroatoms. The number of sulfonamides is 1. The number of nitrogens with one attached hydrogen (secondary N) is 1. The molecule has 1 aromatic carbocycles. The topological polar surface area (TPSA) is 92.5 Å². The number of piperidine rings is 1. The standard InChI is InChI=1S/C18H28FN3O3S/c1-3-18(4-2,13-20)21-17(23)14-6-5-11-22(12-14)26(24,25)16-9-7-15(19)8-10-16/h7-10,14H,3-6,11-13,20H2,1-2H3,(H,21,23). The Hall–Kier alpha value is -1.51. The number of hydrogen-bond donors (Lipinski definition) is 2. The van der Waals surface area contributed by atoms with E-state index in [4.69, 9.17) is 5.73 Å². The van der Waals surface area contributed by atoms with Crippen LogP contribution in [0.3, 0.4) is 0 Å². The minimum atomic E-state index is -3.74. The molecule has 3 N–H and O–H groups in total. The lowest BCUT2D eigenvalue weighted by atomic mass is 9.90. The highest BCUT2D eigenvalue weighted by molar-refractivity contribution is 7.89. The molecule has 1 aliphatic heterocycles. The Bertz CT molecular complexity index is 709. The smallest absolute Gasteiger partial charge is 0.243 e. The quantitative estimate of drug-likeness (QED) is 0.749. The first-order valence-corrected chi connectivity index (χ1v) is 10.5. The summed E-state index contributed by atoms with van der Waals surface area (Å²) in [5.74, 6) is -1.06. The summed E-state index contributed by atoms with van der Waals surface area (Å²) in [7, 11) is -3.74. The van der Waals surface area contributed by atoms with Crippen molar-refractivity contribution in [3.05, 3.63) is 30.1 Å². The van der Waals surface area contributed by atoms with Crippen LogP contribution in [-0.2, 0) is 14.8 Å².